The number of nitrogens with zero attached hydrogens (tertiary/aromatic N) is 2. The molecule has 5 heteroatoms. The van der Waals surface area contributed by atoms with E-state index >= 15 is 0 Å². The molecule has 5 nitrogen and oxygen atoms in total. The number of likely N-dealkylation sites (tertiary alicyclic amines) is 1. The summed E-state index contributed by atoms with van der Waals surface area (Å²) in [6.45, 7) is 1.38. The molecule has 0 saturated carbocycles. The van der Waals surface area contributed by atoms with E-state index < -0.39 is 0 Å². The van der Waals surface area contributed by atoms with Gasteiger partial charge >= 0.3 is 0 Å². The maximum absolute atomic E-state index is 10.5. The molecule has 0 N–H and O–H groups in total. The minimum atomic E-state index is 0.0322. The lowest BCUT2D eigenvalue weighted by Crippen LogP contribution is -2.23. The maximum atomic E-state index is 10.5. The van der Waals surface area contributed by atoms with E-state index in [2.05, 4.69) is 4.98 Å². The normalized spacial score (nSPS) is 19.6. The van der Waals surface area contributed by atoms with Crippen molar-refractivity contribution in [2.24, 2.45) is 0 Å². The zero-order valence-electron chi connectivity index (χ0n) is 9.13. The quantitative estimate of drug-likeness (QED) is 0.704. The van der Waals surface area contributed by atoms with E-state index in [9.17, 15) is 4.79 Å². The summed E-state index contributed by atoms with van der Waals surface area (Å²) < 4.78 is 10.7. The van der Waals surface area contributed by atoms with E-state index in [1.165, 1.54) is 0 Å². The van der Waals surface area contributed by atoms with Crippen molar-refractivity contribution in [3.05, 3.63) is 18.2 Å². The van der Waals surface area contributed by atoms with Crippen molar-refractivity contribution in [1.29, 1.82) is 0 Å². The van der Waals surface area contributed by atoms with Crippen LogP contribution < -0.4 is 9.47 Å². The molecule has 1 saturated heterocycles. The second kappa shape index (κ2) is 4.83. The first-order valence-electron chi connectivity index (χ1n) is 5.19. The van der Waals surface area contributed by atoms with Crippen LogP contribution in [0.2, 0.25) is 0 Å². The second-order valence-electron chi connectivity index (χ2n) is 3.65. The Labute approximate surface area is 94.0 Å². The number of carbonyl (C=O) groups is 1. The molecule has 86 valence electrons. The molecular formula is C11H14N2O3. The third kappa shape index (κ3) is 2.42. The molecule has 16 heavy (non-hydrogen) atoms. The number of hydrogen-bond donors (Lipinski definition) is 0. The van der Waals surface area contributed by atoms with Crippen LogP contribution in [0.15, 0.2) is 18.2 Å². The highest BCUT2D eigenvalue weighted by Crippen LogP contribution is 2.18. The third-order valence-corrected chi connectivity index (χ3v) is 2.52. The fourth-order valence-corrected chi connectivity index (χ4v) is 1.69. The van der Waals surface area contributed by atoms with E-state index in [-0.39, 0.29) is 6.10 Å². The summed E-state index contributed by atoms with van der Waals surface area (Å²) in [7, 11) is 1.57. The van der Waals surface area contributed by atoms with E-state index in [4.69, 9.17) is 9.47 Å². The number of rotatable bonds is 4. The maximum Gasteiger partial charge on any atom is 0.216 e. The number of hydrogen-bond acceptors (Lipinski definition) is 4. The molecule has 0 bridgehead atoms. The molecular weight excluding hydrogens is 208 g/mol. The van der Waals surface area contributed by atoms with Crippen molar-refractivity contribution >= 4 is 6.41 Å². The van der Waals surface area contributed by atoms with Crippen LogP contribution in [0.25, 0.3) is 0 Å². The average Bonchev–Trinajstić information content (AvgIpc) is 2.77. The number of carbonyl (C=O) groups excluding carboxylic acids is 1. The van der Waals surface area contributed by atoms with Gasteiger partial charge in [-0.25, -0.2) is 0 Å². The molecule has 0 unspecified atom stereocenters. The smallest absolute Gasteiger partial charge is 0.216 e. The molecule has 0 aromatic carbocycles. The van der Waals surface area contributed by atoms with Crippen LogP contribution in [-0.4, -0.2) is 42.6 Å². The van der Waals surface area contributed by atoms with Gasteiger partial charge in [0.15, 0.2) is 0 Å². The average molecular weight is 222 g/mol. The lowest BCUT2D eigenvalue weighted by molar-refractivity contribution is -0.117. The Morgan fingerprint density at radius 1 is 1.50 bits per heavy atom. The lowest BCUT2D eigenvalue weighted by atomic mass is 10.3. The molecule has 1 aliphatic heterocycles. The fourth-order valence-electron chi connectivity index (χ4n) is 1.69. The Kier molecular flexibility index (Phi) is 3.24. The predicted octanol–water partition coefficient (Wildman–Crippen LogP) is 0.700. The summed E-state index contributed by atoms with van der Waals surface area (Å²) in [5, 5.41) is 0. The van der Waals surface area contributed by atoms with Crippen LogP contribution in [0.4, 0.5) is 0 Å². The first kappa shape index (κ1) is 10.7. The van der Waals surface area contributed by atoms with Gasteiger partial charge in [0.25, 0.3) is 0 Å². The molecule has 2 rings (SSSR count). The lowest BCUT2D eigenvalue weighted by Gasteiger charge is -2.13. The Morgan fingerprint density at radius 3 is 3.00 bits per heavy atom. The van der Waals surface area contributed by atoms with E-state index in [1.54, 1.807) is 24.1 Å². The van der Waals surface area contributed by atoms with Crippen molar-refractivity contribution in [2.45, 2.75) is 12.5 Å². The highest BCUT2D eigenvalue weighted by Gasteiger charge is 2.22. The van der Waals surface area contributed by atoms with Gasteiger partial charge in [0.05, 0.1) is 13.7 Å². The van der Waals surface area contributed by atoms with Gasteiger partial charge in [-0.2, -0.15) is 4.98 Å². The third-order valence-electron chi connectivity index (χ3n) is 2.52. The van der Waals surface area contributed by atoms with Crippen LogP contribution in [0.1, 0.15) is 6.42 Å². The Morgan fingerprint density at radius 2 is 2.31 bits per heavy atom. The van der Waals surface area contributed by atoms with Crippen LogP contribution in [0.3, 0.4) is 0 Å². The number of aromatic nitrogens is 1. The SMILES string of the molecule is COc1cccc(O[C@@H]2CCN(C=O)C2)n1. The topological polar surface area (TPSA) is 51.7 Å². The predicted molar refractivity (Wildman–Crippen MR) is 57.5 cm³/mol. The molecule has 0 spiro atoms. The summed E-state index contributed by atoms with van der Waals surface area (Å²) in [5.74, 6) is 1.07. The highest BCUT2D eigenvalue weighted by molar-refractivity contribution is 5.47. The van der Waals surface area contributed by atoms with Gasteiger partial charge in [-0.1, -0.05) is 6.07 Å². The summed E-state index contributed by atoms with van der Waals surface area (Å²) in [6, 6.07) is 5.37. The highest BCUT2D eigenvalue weighted by atomic mass is 16.5. The van der Waals surface area contributed by atoms with Crippen molar-refractivity contribution in [2.75, 3.05) is 20.2 Å². The van der Waals surface area contributed by atoms with Crippen molar-refractivity contribution in [3.8, 4) is 11.8 Å². The first-order chi connectivity index (χ1) is 7.81. The number of methoxy groups -OCH3 is 1. The molecule has 2 heterocycles. The van der Waals surface area contributed by atoms with Crippen molar-refractivity contribution < 1.29 is 14.3 Å². The molecule has 0 aliphatic carbocycles. The summed E-state index contributed by atoms with van der Waals surface area (Å²) in [6.07, 6.45) is 1.73. The standard InChI is InChI=1S/C11H14N2O3/c1-15-10-3-2-4-11(12-10)16-9-5-6-13(7-9)8-14/h2-4,8-9H,5-7H2,1H3/t9-/m1/s1. The van der Waals surface area contributed by atoms with Gasteiger partial charge in [-0.3, -0.25) is 4.79 Å². The number of ether oxygens (including phenoxy) is 2. The summed E-state index contributed by atoms with van der Waals surface area (Å²) in [5.41, 5.74) is 0. The minimum absolute atomic E-state index is 0.0322. The molecule has 1 aromatic heterocycles. The van der Waals surface area contributed by atoms with E-state index in [0.29, 0.717) is 18.3 Å². The van der Waals surface area contributed by atoms with Gasteiger partial charge in [0, 0.05) is 25.1 Å². The van der Waals surface area contributed by atoms with Crippen molar-refractivity contribution in [1.82, 2.24) is 9.88 Å². The Hall–Kier alpha value is -1.78. The monoisotopic (exact) mass is 222 g/mol. The van der Waals surface area contributed by atoms with Crippen LogP contribution in [-0.2, 0) is 4.79 Å². The summed E-state index contributed by atoms with van der Waals surface area (Å²) in [4.78, 5) is 16.4. The largest absolute Gasteiger partial charge is 0.481 e. The second-order valence-corrected chi connectivity index (χ2v) is 3.65. The van der Waals surface area contributed by atoms with Gasteiger partial charge in [0.1, 0.15) is 6.10 Å². The molecule has 1 amide bonds. The molecule has 1 aromatic rings. The van der Waals surface area contributed by atoms with E-state index in [1.807, 2.05) is 6.07 Å². The Balaban J connectivity index is 1.96. The Bertz CT molecular complexity index is 370. The van der Waals surface area contributed by atoms with Gasteiger partial charge in [-0.15, -0.1) is 0 Å². The molecule has 0 radical (unpaired) electrons. The molecule has 1 fully saturated rings. The van der Waals surface area contributed by atoms with Crippen LogP contribution in [0, 0.1) is 0 Å². The van der Waals surface area contributed by atoms with E-state index in [0.717, 1.165) is 19.4 Å². The molecule has 1 aliphatic rings. The fraction of sp³-hybridized carbons (Fsp3) is 0.455. The number of amides is 1. The van der Waals surface area contributed by atoms with Gasteiger partial charge < -0.3 is 14.4 Å². The zero-order valence-corrected chi connectivity index (χ0v) is 9.13. The minimum Gasteiger partial charge on any atom is -0.481 e. The zero-order chi connectivity index (χ0) is 11.4. The number of pyridine rings is 1. The van der Waals surface area contributed by atoms with Gasteiger partial charge in [-0.05, 0) is 0 Å². The van der Waals surface area contributed by atoms with Crippen molar-refractivity contribution in [3.63, 3.8) is 0 Å². The molecule has 1 atom stereocenters. The van der Waals surface area contributed by atoms with Crippen LogP contribution >= 0.6 is 0 Å². The van der Waals surface area contributed by atoms with Crippen LogP contribution in [0.5, 0.6) is 11.8 Å². The summed E-state index contributed by atoms with van der Waals surface area (Å²) >= 11 is 0. The van der Waals surface area contributed by atoms with Gasteiger partial charge in [0.2, 0.25) is 18.2 Å². The first-order valence-corrected chi connectivity index (χ1v) is 5.19.